The maximum atomic E-state index is 10.7. The summed E-state index contributed by atoms with van der Waals surface area (Å²) in [4.78, 5) is 12.8. The Morgan fingerprint density at radius 2 is 2.00 bits per heavy atom. The quantitative estimate of drug-likeness (QED) is 0.735. The third kappa shape index (κ3) is 3.63. The van der Waals surface area contributed by atoms with Gasteiger partial charge in [-0.2, -0.15) is 0 Å². The zero-order chi connectivity index (χ0) is 10.1. The number of aliphatic carboxylic acids is 1. The van der Waals surface area contributed by atoms with Crippen molar-refractivity contribution in [2.45, 2.75) is 37.8 Å². The smallest absolute Gasteiger partial charge is 0.317 e. The number of carboxylic acids is 1. The topological polar surface area (TPSA) is 66.6 Å². The number of hydrogen-bond donors (Lipinski definition) is 2. The molecule has 0 atom stereocenters. The molecular formula is C10H19ClN2O2. The van der Waals surface area contributed by atoms with E-state index in [1.54, 1.807) is 0 Å². The van der Waals surface area contributed by atoms with Crippen molar-refractivity contribution in [1.29, 1.82) is 0 Å². The molecule has 0 aromatic carbocycles. The van der Waals surface area contributed by atoms with Crippen molar-refractivity contribution in [2.75, 3.05) is 13.1 Å². The molecule has 2 fully saturated rings. The highest BCUT2D eigenvalue weighted by molar-refractivity contribution is 5.85. The van der Waals surface area contributed by atoms with Crippen molar-refractivity contribution in [3.8, 4) is 0 Å². The third-order valence-electron chi connectivity index (χ3n) is 3.19. The van der Waals surface area contributed by atoms with Crippen molar-refractivity contribution < 1.29 is 9.90 Å². The summed E-state index contributed by atoms with van der Waals surface area (Å²) >= 11 is 0. The molecule has 5 heteroatoms. The number of nitrogens with zero attached hydrogens (tertiary/aromatic N) is 1. The molecular weight excluding hydrogens is 216 g/mol. The summed E-state index contributed by atoms with van der Waals surface area (Å²) < 4.78 is 0. The lowest BCUT2D eigenvalue weighted by molar-refractivity contribution is -0.139. The van der Waals surface area contributed by atoms with Crippen LogP contribution in [0.1, 0.15) is 25.7 Å². The summed E-state index contributed by atoms with van der Waals surface area (Å²) in [6.07, 6.45) is 4.49. The zero-order valence-electron chi connectivity index (χ0n) is 8.76. The molecule has 2 aliphatic rings. The Hall–Kier alpha value is -0.320. The first-order valence-corrected chi connectivity index (χ1v) is 5.36. The monoisotopic (exact) mass is 234 g/mol. The zero-order valence-corrected chi connectivity index (χ0v) is 9.58. The summed E-state index contributed by atoms with van der Waals surface area (Å²) in [6.45, 7) is 1.15. The number of carboxylic acid groups (broad SMARTS) is 1. The van der Waals surface area contributed by atoms with Crippen LogP contribution in [-0.2, 0) is 4.79 Å². The van der Waals surface area contributed by atoms with Crippen LogP contribution in [0.25, 0.3) is 0 Å². The van der Waals surface area contributed by atoms with Crippen LogP contribution in [0.15, 0.2) is 0 Å². The van der Waals surface area contributed by atoms with Crippen LogP contribution < -0.4 is 5.73 Å². The maximum absolute atomic E-state index is 10.7. The highest BCUT2D eigenvalue weighted by Crippen LogP contribution is 2.33. The number of halogens is 1. The van der Waals surface area contributed by atoms with Crippen LogP contribution in [0.2, 0.25) is 0 Å². The van der Waals surface area contributed by atoms with E-state index in [1.165, 1.54) is 12.8 Å². The van der Waals surface area contributed by atoms with Crippen molar-refractivity contribution in [2.24, 2.45) is 11.7 Å². The van der Waals surface area contributed by atoms with Gasteiger partial charge in [0.2, 0.25) is 0 Å². The molecule has 0 radical (unpaired) electrons. The molecule has 0 unspecified atom stereocenters. The van der Waals surface area contributed by atoms with Gasteiger partial charge in [-0.25, -0.2) is 0 Å². The molecule has 2 saturated carbocycles. The van der Waals surface area contributed by atoms with Gasteiger partial charge in [0.1, 0.15) is 0 Å². The van der Waals surface area contributed by atoms with Crippen LogP contribution in [0, 0.1) is 5.92 Å². The average Bonchev–Trinajstić information content (AvgIpc) is 2.80. The van der Waals surface area contributed by atoms with Gasteiger partial charge in [0.25, 0.3) is 0 Å². The molecule has 0 aromatic heterocycles. The van der Waals surface area contributed by atoms with Crippen LogP contribution >= 0.6 is 12.4 Å². The van der Waals surface area contributed by atoms with E-state index in [9.17, 15) is 4.79 Å². The molecule has 0 spiro atoms. The van der Waals surface area contributed by atoms with Crippen molar-refractivity contribution in [3.63, 3.8) is 0 Å². The summed E-state index contributed by atoms with van der Waals surface area (Å²) in [5.74, 6) is 0.0392. The Bertz CT molecular complexity index is 227. The predicted octanol–water partition coefficient (Wildman–Crippen LogP) is 0.694. The lowest BCUT2D eigenvalue weighted by Gasteiger charge is -2.40. The molecule has 2 rings (SSSR count). The second-order valence-corrected chi connectivity index (χ2v) is 4.65. The van der Waals surface area contributed by atoms with Crippen molar-refractivity contribution in [3.05, 3.63) is 0 Å². The molecule has 0 bridgehead atoms. The minimum Gasteiger partial charge on any atom is -0.480 e. The molecule has 15 heavy (non-hydrogen) atoms. The molecule has 0 aromatic rings. The van der Waals surface area contributed by atoms with E-state index in [0.717, 1.165) is 25.3 Å². The van der Waals surface area contributed by atoms with Crippen LogP contribution in [0.3, 0.4) is 0 Å². The van der Waals surface area contributed by atoms with Crippen LogP contribution in [-0.4, -0.2) is 41.1 Å². The fourth-order valence-electron chi connectivity index (χ4n) is 2.08. The highest BCUT2D eigenvalue weighted by Gasteiger charge is 2.35. The lowest BCUT2D eigenvalue weighted by atomic mass is 9.86. The molecule has 0 aliphatic heterocycles. The van der Waals surface area contributed by atoms with E-state index in [4.69, 9.17) is 10.8 Å². The molecule has 2 aliphatic carbocycles. The Kier molecular flexibility index (Phi) is 4.37. The van der Waals surface area contributed by atoms with Gasteiger partial charge in [0.05, 0.1) is 6.54 Å². The predicted molar refractivity (Wildman–Crippen MR) is 60.2 cm³/mol. The Balaban J connectivity index is 0.00000112. The molecule has 4 nitrogen and oxygen atoms in total. The fourth-order valence-corrected chi connectivity index (χ4v) is 2.08. The van der Waals surface area contributed by atoms with Crippen LogP contribution in [0.4, 0.5) is 0 Å². The summed E-state index contributed by atoms with van der Waals surface area (Å²) in [6, 6.07) is 0.734. The van der Waals surface area contributed by atoms with E-state index in [-0.39, 0.29) is 19.0 Å². The number of carbonyl (C=O) groups is 1. The normalized spacial score (nSPS) is 29.5. The molecule has 0 heterocycles. The molecule has 88 valence electrons. The SMILES string of the molecule is Cl.NC1CC(N(CC(=O)O)CC2CC2)C1. The number of hydrogen-bond acceptors (Lipinski definition) is 3. The summed E-state index contributed by atoms with van der Waals surface area (Å²) in [5, 5.41) is 8.78. The van der Waals surface area contributed by atoms with Gasteiger partial charge in [0, 0.05) is 18.6 Å². The maximum Gasteiger partial charge on any atom is 0.317 e. The fraction of sp³-hybridized carbons (Fsp3) is 0.900. The largest absolute Gasteiger partial charge is 0.480 e. The standard InChI is InChI=1S/C10H18N2O2.ClH/c11-8-3-9(4-8)12(6-10(13)14)5-7-1-2-7;/h7-9H,1-6,11H2,(H,13,14);1H. The van der Waals surface area contributed by atoms with E-state index < -0.39 is 5.97 Å². The first-order valence-electron chi connectivity index (χ1n) is 5.36. The van der Waals surface area contributed by atoms with E-state index in [0.29, 0.717) is 12.1 Å². The highest BCUT2D eigenvalue weighted by atomic mass is 35.5. The van der Waals surface area contributed by atoms with Gasteiger partial charge in [-0.15, -0.1) is 12.4 Å². The average molecular weight is 235 g/mol. The van der Waals surface area contributed by atoms with Crippen molar-refractivity contribution in [1.82, 2.24) is 4.90 Å². The molecule has 3 N–H and O–H groups in total. The van der Waals surface area contributed by atoms with Gasteiger partial charge >= 0.3 is 5.97 Å². The minimum absolute atomic E-state index is 0. The first-order chi connectivity index (χ1) is 6.65. The van der Waals surface area contributed by atoms with Gasteiger partial charge in [0.15, 0.2) is 0 Å². The minimum atomic E-state index is -0.717. The summed E-state index contributed by atoms with van der Waals surface area (Å²) in [7, 11) is 0. The van der Waals surface area contributed by atoms with Crippen LogP contribution in [0.5, 0.6) is 0 Å². The van der Waals surface area contributed by atoms with Crippen molar-refractivity contribution >= 4 is 18.4 Å². The first kappa shape index (κ1) is 12.7. The second kappa shape index (κ2) is 5.14. The molecule has 0 amide bonds. The van der Waals surface area contributed by atoms with Gasteiger partial charge in [-0.1, -0.05) is 0 Å². The Morgan fingerprint density at radius 1 is 1.40 bits per heavy atom. The molecule has 0 saturated heterocycles. The third-order valence-corrected chi connectivity index (χ3v) is 3.19. The Morgan fingerprint density at radius 3 is 2.40 bits per heavy atom. The van der Waals surface area contributed by atoms with Gasteiger partial charge in [-0.05, 0) is 31.6 Å². The number of rotatable bonds is 5. The second-order valence-electron chi connectivity index (χ2n) is 4.65. The Labute approximate surface area is 96.2 Å². The van der Waals surface area contributed by atoms with E-state index in [2.05, 4.69) is 4.90 Å². The van der Waals surface area contributed by atoms with Gasteiger partial charge < -0.3 is 10.8 Å². The summed E-state index contributed by atoms with van der Waals surface area (Å²) in [5.41, 5.74) is 5.71. The van der Waals surface area contributed by atoms with Gasteiger partial charge in [-0.3, -0.25) is 9.69 Å². The van der Waals surface area contributed by atoms with E-state index in [1.807, 2.05) is 0 Å². The lowest BCUT2D eigenvalue weighted by Crippen LogP contribution is -2.52. The number of nitrogens with two attached hydrogens (primary N) is 1. The van der Waals surface area contributed by atoms with E-state index >= 15 is 0 Å².